The first-order valence-electron chi connectivity index (χ1n) is 7.08. The monoisotopic (exact) mass is 350 g/mol. The van der Waals surface area contributed by atoms with Crippen LogP contribution in [-0.4, -0.2) is 20.1 Å². The van der Waals surface area contributed by atoms with Crippen LogP contribution in [0.2, 0.25) is 0 Å². The molecule has 0 aliphatic heterocycles. The van der Waals surface area contributed by atoms with Gasteiger partial charge >= 0.3 is 0 Å². The fourth-order valence-corrected chi connectivity index (χ4v) is 2.57. The van der Waals surface area contributed by atoms with Gasteiger partial charge in [0.2, 0.25) is 0 Å². The first-order valence-corrected chi connectivity index (χ1v) is 7.87. The third-order valence-corrected chi connectivity index (χ3v) is 4.28. The van der Waals surface area contributed by atoms with E-state index in [0.717, 1.165) is 25.1 Å². The SMILES string of the molecule is CN(CCCNCc1cccc(F)c1Br)c1ccccc1. The van der Waals surface area contributed by atoms with Crippen molar-refractivity contribution in [2.75, 3.05) is 25.0 Å². The number of para-hydroxylation sites is 1. The van der Waals surface area contributed by atoms with Crippen LogP contribution in [0, 0.1) is 5.82 Å². The van der Waals surface area contributed by atoms with Crippen molar-refractivity contribution in [1.82, 2.24) is 5.32 Å². The molecule has 21 heavy (non-hydrogen) atoms. The van der Waals surface area contributed by atoms with Crippen molar-refractivity contribution in [3.63, 3.8) is 0 Å². The molecule has 0 heterocycles. The molecule has 0 atom stereocenters. The Hall–Kier alpha value is -1.39. The molecule has 1 N–H and O–H groups in total. The summed E-state index contributed by atoms with van der Waals surface area (Å²) in [6, 6.07) is 15.5. The van der Waals surface area contributed by atoms with Crippen LogP contribution in [-0.2, 0) is 6.54 Å². The standard InChI is InChI=1S/C17H20BrFN2/c1-21(15-8-3-2-4-9-15)12-6-11-20-13-14-7-5-10-16(19)17(14)18/h2-5,7-10,20H,6,11-13H2,1H3. The van der Waals surface area contributed by atoms with E-state index in [2.05, 4.69) is 45.3 Å². The number of halogens is 2. The van der Waals surface area contributed by atoms with E-state index in [1.807, 2.05) is 24.3 Å². The van der Waals surface area contributed by atoms with Crippen molar-refractivity contribution in [2.24, 2.45) is 0 Å². The van der Waals surface area contributed by atoms with Gasteiger partial charge in [0.15, 0.2) is 0 Å². The summed E-state index contributed by atoms with van der Waals surface area (Å²) >= 11 is 3.28. The molecule has 0 aromatic heterocycles. The average molecular weight is 351 g/mol. The minimum absolute atomic E-state index is 0.210. The minimum atomic E-state index is -0.210. The van der Waals surface area contributed by atoms with Crippen molar-refractivity contribution >= 4 is 21.6 Å². The molecule has 0 saturated heterocycles. The largest absolute Gasteiger partial charge is 0.375 e. The number of benzene rings is 2. The van der Waals surface area contributed by atoms with E-state index in [9.17, 15) is 4.39 Å². The van der Waals surface area contributed by atoms with Gasteiger partial charge in [0, 0.05) is 25.8 Å². The number of nitrogens with one attached hydrogen (secondary N) is 1. The molecular weight excluding hydrogens is 331 g/mol. The highest BCUT2D eigenvalue weighted by atomic mass is 79.9. The lowest BCUT2D eigenvalue weighted by Crippen LogP contribution is -2.23. The topological polar surface area (TPSA) is 15.3 Å². The summed E-state index contributed by atoms with van der Waals surface area (Å²) in [6.07, 6.45) is 1.04. The van der Waals surface area contributed by atoms with Crippen molar-refractivity contribution in [1.29, 1.82) is 0 Å². The highest BCUT2D eigenvalue weighted by Crippen LogP contribution is 2.20. The fraction of sp³-hybridized carbons (Fsp3) is 0.294. The second kappa shape index (κ2) is 8.15. The van der Waals surface area contributed by atoms with Crippen LogP contribution < -0.4 is 10.2 Å². The Kier molecular flexibility index (Phi) is 6.21. The van der Waals surface area contributed by atoms with Crippen molar-refractivity contribution in [2.45, 2.75) is 13.0 Å². The van der Waals surface area contributed by atoms with E-state index in [1.165, 1.54) is 11.8 Å². The van der Waals surface area contributed by atoms with Gasteiger partial charge in [-0.15, -0.1) is 0 Å². The quantitative estimate of drug-likeness (QED) is 0.752. The molecule has 2 rings (SSSR count). The van der Waals surface area contributed by atoms with Gasteiger partial charge < -0.3 is 10.2 Å². The summed E-state index contributed by atoms with van der Waals surface area (Å²) in [5.41, 5.74) is 2.18. The zero-order valence-electron chi connectivity index (χ0n) is 12.2. The zero-order chi connectivity index (χ0) is 15.1. The molecule has 0 spiro atoms. The maximum absolute atomic E-state index is 13.4. The Morgan fingerprint density at radius 1 is 1.10 bits per heavy atom. The van der Waals surface area contributed by atoms with Crippen molar-refractivity contribution in [3.05, 3.63) is 64.4 Å². The van der Waals surface area contributed by atoms with Crippen LogP contribution >= 0.6 is 15.9 Å². The smallest absolute Gasteiger partial charge is 0.137 e. The molecule has 2 aromatic rings. The summed E-state index contributed by atoms with van der Waals surface area (Å²) in [4.78, 5) is 2.24. The molecule has 0 aliphatic carbocycles. The second-order valence-electron chi connectivity index (χ2n) is 5.00. The number of anilines is 1. The normalized spacial score (nSPS) is 10.6. The van der Waals surface area contributed by atoms with Crippen molar-refractivity contribution < 1.29 is 4.39 Å². The summed E-state index contributed by atoms with van der Waals surface area (Å²) in [7, 11) is 2.10. The molecule has 2 nitrogen and oxygen atoms in total. The number of nitrogens with zero attached hydrogens (tertiary/aromatic N) is 1. The third kappa shape index (κ3) is 4.83. The molecule has 0 saturated carbocycles. The Labute approximate surface area is 134 Å². The summed E-state index contributed by atoms with van der Waals surface area (Å²) < 4.78 is 13.9. The predicted octanol–water partition coefficient (Wildman–Crippen LogP) is 4.20. The van der Waals surface area contributed by atoms with Crippen LogP contribution in [0.3, 0.4) is 0 Å². The summed E-state index contributed by atoms with van der Waals surface area (Å²) in [6.45, 7) is 2.56. The van der Waals surface area contributed by atoms with Gasteiger partial charge in [-0.1, -0.05) is 30.3 Å². The summed E-state index contributed by atoms with van der Waals surface area (Å²) in [5, 5.41) is 3.35. The van der Waals surface area contributed by atoms with Gasteiger partial charge in [-0.05, 0) is 52.7 Å². The van der Waals surface area contributed by atoms with Crippen LogP contribution in [0.1, 0.15) is 12.0 Å². The van der Waals surface area contributed by atoms with Gasteiger partial charge in [0.1, 0.15) is 5.82 Å². The lowest BCUT2D eigenvalue weighted by molar-refractivity contribution is 0.608. The van der Waals surface area contributed by atoms with E-state index < -0.39 is 0 Å². The van der Waals surface area contributed by atoms with Gasteiger partial charge in [0.25, 0.3) is 0 Å². The number of hydrogen-bond acceptors (Lipinski definition) is 2. The Morgan fingerprint density at radius 3 is 2.62 bits per heavy atom. The van der Waals surface area contributed by atoms with Crippen LogP contribution in [0.4, 0.5) is 10.1 Å². The van der Waals surface area contributed by atoms with Gasteiger partial charge in [-0.25, -0.2) is 4.39 Å². The van der Waals surface area contributed by atoms with Gasteiger partial charge in [-0.2, -0.15) is 0 Å². The lowest BCUT2D eigenvalue weighted by Gasteiger charge is -2.19. The van der Waals surface area contributed by atoms with E-state index in [1.54, 1.807) is 6.07 Å². The molecule has 4 heteroatoms. The Balaban J connectivity index is 1.70. The fourth-order valence-electron chi connectivity index (χ4n) is 2.16. The van der Waals surface area contributed by atoms with E-state index >= 15 is 0 Å². The number of hydrogen-bond donors (Lipinski definition) is 1. The molecule has 2 aromatic carbocycles. The molecule has 0 radical (unpaired) electrons. The first-order chi connectivity index (χ1) is 10.2. The maximum atomic E-state index is 13.4. The van der Waals surface area contributed by atoms with E-state index in [4.69, 9.17) is 0 Å². The summed E-state index contributed by atoms with van der Waals surface area (Å²) in [5.74, 6) is -0.210. The van der Waals surface area contributed by atoms with E-state index in [0.29, 0.717) is 11.0 Å². The molecule has 0 aliphatic rings. The molecule has 0 amide bonds. The van der Waals surface area contributed by atoms with Gasteiger partial charge in [-0.3, -0.25) is 0 Å². The van der Waals surface area contributed by atoms with Crippen LogP contribution in [0.15, 0.2) is 53.0 Å². The highest BCUT2D eigenvalue weighted by Gasteiger charge is 2.04. The van der Waals surface area contributed by atoms with Crippen molar-refractivity contribution in [3.8, 4) is 0 Å². The maximum Gasteiger partial charge on any atom is 0.137 e. The van der Waals surface area contributed by atoms with E-state index in [-0.39, 0.29) is 5.82 Å². The Bertz CT molecular complexity index is 560. The zero-order valence-corrected chi connectivity index (χ0v) is 13.7. The first kappa shape index (κ1) is 16.0. The number of rotatable bonds is 7. The average Bonchev–Trinajstić information content (AvgIpc) is 2.51. The molecule has 0 fully saturated rings. The second-order valence-corrected chi connectivity index (χ2v) is 5.79. The van der Waals surface area contributed by atoms with Crippen LogP contribution in [0.25, 0.3) is 0 Å². The van der Waals surface area contributed by atoms with Crippen LogP contribution in [0.5, 0.6) is 0 Å². The minimum Gasteiger partial charge on any atom is -0.375 e. The molecule has 0 bridgehead atoms. The predicted molar refractivity (Wildman–Crippen MR) is 90.1 cm³/mol. The molecular formula is C17H20BrFN2. The Morgan fingerprint density at radius 2 is 1.86 bits per heavy atom. The molecule has 0 unspecified atom stereocenters. The highest BCUT2D eigenvalue weighted by molar-refractivity contribution is 9.10. The molecule has 112 valence electrons. The third-order valence-electron chi connectivity index (χ3n) is 3.39. The van der Waals surface area contributed by atoms with Gasteiger partial charge in [0.05, 0.1) is 4.47 Å². The lowest BCUT2D eigenvalue weighted by atomic mass is 10.2.